The molecule has 0 radical (unpaired) electrons. The van der Waals surface area contributed by atoms with Crippen LogP contribution < -0.4 is 4.90 Å². The van der Waals surface area contributed by atoms with Crippen molar-refractivity contribution in [2.75, 3.05) is 32.2 Å². The second-order valence-corrected chi connectivity index (χ2v) is 17.9. The monoisotopic (exact) mass is 851 g/mol. The van der Waals surface area contributed by atoms with Gasteiger partial charge in [0.05, 0.1) is 63.1 Å². The Hall–Kier alpha value is -5.39. The lowest BCUT2D eigenvalue weighted by atomic mass is 9.90. The molecule has 12 heteroatoms. The molecule has 332 valence electrons. The first kappa shape index (κ1) is 46.1. The molecule has 3 aliphatic rings. The van der Waals surface area contributed by atoms with E-state index in [0.717, 1.165) is 53.6 Å². The van der Waals surface area contributed by atoms with E-state index in [1.165, 1.54) is 26.4 Å². The van der Waals surface area contributed by atoms with Crippen LogP contribution in [0.5, 0.6) is 0 Å². The first-order valence-corrected chi connectivity index (χ1v) is 22.2. The van der Waals surface area contributed by atoms with Crippen molar-refractivity contribution in [2.24, 2.45) is 23.7 Å². The van der Waals surface area contributed by atoms with Gasteiger partial charge in [0.2, 0.25) is 11.8 Å². The van der Waals surface area contributed by atoms with Gasteiger partial charge in [-0.15, -0.1) is 0 Å². The molecule has 0 spiro atoms. The van der Waals surface area contributed by atoms with Crippen LogP contribution in [0.25, 0.3) is 0 Å². The lowest BCUT2D eigenvalue weighted by molar-refractivity contribution is -0.149. The van der Waals surface area contributed by atoms with E-state index in [9.17, 15) is 33.2 Å². The number of likely N-dealkylation sites (tertiary alicyclic amines) is 2. The summed E-state index contributed by atoms with van der Waals surface area (Å²) in [6.45, 7) is 8.60. The van der Waals surface area contributed by atoms with Gasteiger partial charge in [-0.2, -0.15) is 0 Å². The highest BCUT2D eigenvalue weighted by molar-refractivity contribution is 5.93. The third-order valence-corrected chi connectivity index (χ3v) is 13.3. The zero-order valence-corrected chi connectivity index (χ0v) is 37.0. The number of carbonyl (C=O) groups is 6. The molecule has 6 atom stereocenters. The van der Waals surface area contributed by atoms with Gasteiger partial charge < -0.3 is 24.2 Å². The molecule has 0 aliphatic carbocycles. The second-order valence-electron chi connectivity index (χ2n) is 17.9. The van der Waals surface area contributed by atoms with Crippen LogP contribution in [-0.4, -0.2) is 84.5 Å². The average molecular weight is 852 g/mol. The third kappa shape index (κ3) is 10.6. The Labute approximate surface area is 365 Å². The molecule has 3 aromatic rings. The number of nitrogens with zero attached hydrogens (tertiary/aromatic N) is 3. The number of hydrogen-bond acceptors (Lipinski definition) is 9. The number of benzene rings is 3. The Morgan fingerprint density at radius 1 is 0.581 bits per heavy atom. The number of carbonyl (C=O) groups excluding carboxylic acids is 6. The van der Waals surface area contributed by atoms with Crippen LogP contribution in [0.15, 0.2) is 72.8 Å². The molecule has 0 aromatic heterocycles. The molecule has 0 N–H and O–H groups in total. The molecule has 3 saturated heterocycles. The van der Waals surface area contributed by atoms with E-state index >= 15 is 0 Å². The SMILES string of the molecule is COC(=O)C[C@H](C(=O)N1CCC[C@H]1C(=O)Cc1ccc([C@H]2CC[C@@H](c3ccc(CC(=O)[C@@H]4CCCN4C(=O)[C@@H](CC(=O)OC)C(C)C)cc3)N2c2ccc(F)cc2)cc1)C(C)C. The van der Waals surface area contributed by atoms with Crippen LogP contribution in [-0.2, 0) is 51.1 Å². The van der Waals surface area contributed by atoms with E-state index < -0.39 is 35.9 Å². The smallest absolute Gasteiger partial charge is 0.306 e. The van der Waals surface area contributed by atoms with Gasteiger partial charge in [0.15, 0.2) is 11.6 Å². The van der Waals surface area contributed by atoms with Crippen molar-refractivity contribution in [1.82, 2.24) is 9.80 Å². The van der Waals surface area contributed by atoms with Crippen molar-refractivity contribution in [3.05, 3.63) is 101 Å². The number of ether oxygens (including phenoxy) is 2. The maximum absolute atomic E-state index is 14.2. The molecule has 11 nitrogen and oxygen atoms in total. The molecule has 0 bridgehead atoms. The van der Waals surface area contributed by atoms with Crippen molar-refractivity contribution >= 4 is 41.0 Å². The number of halogens is 1. The van der Waals surface area contributed by atoms with Gasteiger partial charge in [-0.25, -0.2) is 4.39 Å². The fourth-order valence-electron chi connectivity index (χ4n) is 9.69. The number of Topliss-reactive ketones (excluding diaryl/α,β-unsaturated/α-hetero) is 2. The average Bonchev–Trinajstić information content (AvgIpc) is 4.06. The summed E-state index contributed by atoms with van der Waals surface area (Å²) < 4.78 is 23.9. The second kappa shape index (κ2) is 20.7. The van der Waals surface area contributed by atoms with E-state index in [4.69, 9.17) is 9.47 Å². The molecule has 62 heavy (non-hydrogen) atoms. The molecule has 6 rings (SSSR count). The maximum Gasteiger partial charge on any atom is 0.306 e. The van der Waals surface area contributed by atoms with Gasteiger partial charge in [0.1, 0.15) is 5.82 Å². The Morgan fingerprint density at radius 2 is 0.968 bits per heavy atom. The Bertz CT molecular complexity index is 1940. The zero-order valence-electron chi connectivity index (χ0n) is 37.0. The first-order chi connectivity index (χ1) is 29.7. The van der Waals surface area contributed by atoms with Crippen LogP contribution in [0.1, 0.15) is 113 Å². The number of ketones is 2. The van der Waals surface area contributed by atoms with E-state index in [0.29, 0.717) is 25.9 Å². The summed E-state index contributed by atoms with van der Waals surface area (Å²) in [5, 5.41) is 0. The van der Waals surface area contributed by atoms with E-state index in [2.05, 4.69) is 29.2 Å². The predicted molar refractivity (Wildman–Crippen MR) is 233 cm³/mol. The summed E-state index contributed by atoms with van der Waals surface area (Å²) in [6, 6.07) is 21.6. The maximum atomic E-state index is 14.2. The quantitative estimate of drug-likeness (QED) is 0.125. The number of methoxy groups -OCH3 is 2. The number of hydrogen-bond donors (Lipinski definition) is 0. The molecule has 0 unspecified atom stereocenters. The highest BCUT2D eigenvalue weighted by atomic mass is 19.1. The highest BCUT2D eigenvalue weighted by Gasteiger charge is 2.41. The minimum Gasteiger partial charge on any atom is -0.469 e. The van der Waals surface area contributed by atoms with Gasteiger partial charge in [-0.1, -0.05) is 76.2 Å². The molecule has 3 aromatic carbocycles. The predicted octanol–water partition coefficient (Wildman–Crippen LogP) is 7.78. The van der Waals surface area contributed by atoms with Crippen LogP contribution in [0.4, 0.5) is 10.1 Å². The van der Waals surface area contributed by atoms with Crippen LogP contribution >= 0.6 is 0 Å². The van der Waals surface area contributed by atoms with Crippen molar-refractivity contribution in [1.29, 1.82) is 0 Å². The van der Waals surface area contributed by atoms with Gasteiger partial charge in [0, 0.05) is 31.6 Å². The molecular weight excluding hydrogens is 790 g/mol. The molecule has 0 saturated carbocycles. The summed E-state index contributed by atoms with van der Waals surface area (Å²) in [4.78, 5) is 84.5. The highest BCUT2D eigenvalue weighted by Crippen LogP contribution is 2.47. The fourth-order valence-corrected chi connectivity index (χ4v) is 9.69. The standard InChI is InChI=1S/C50H62FN3O8/c1-31(2)39(29-47(57)61-5)49(59)52-25-7-9-43(52)45(55)27-33-11-15-35(16-12-33)41-23-24-42(54(41)38-21-19-37(51)20-22-38)36-17-13-34(14-18-36)28-46(56)44-10-8-26-53(44)50(60)40(32(3)4)30-48(58)62-6/h11-22,31-32,39-44H,7-10,23-30H2,1-6H3/t39-,40-,41-,42+,43-,44-/m0/s1. The topological polar surface area (TPSA) is 131 Å². The van der Waals surface area contributed by atoms with Gasteiger partial charge in [-0.05, 0) is 96.9 Å². The minimum absolute atomic E-state index is 0.0135. The van der Waals surface area contributed by atoms with Gasteiger partial charge in [0.25, 0.3) is 0 Å². The van der Waals surface area contributed by atoms with Crippen molar-refractivity contribution in [3.8, 4) is 0 Å². The lowest BCUT2D eigenvalue weighted by Crippen LogP contribution is -2.45. The van der Waals surface area contributed by atoms with E-state index in [1.54, 1.807) is 21.9 Å². The summed E-state index contributed by atoms with van der Waals surface area (Å²) >= 11 is 0. The van der Waals surface area contributed by atoms with Crippen molar-refractivity contribution < 1.29 is 42.6 Å². The number of rotatable bonds is 17. The zero-order chi connectivity index (χ0) is 44.7. The first-order valence-electron chi connectivity index (χ1n) is 22.2. The fraction of sp³-hybridized carbons (Fsp3) is 0.520. The molecule has 3 fully saturated rings. The minimum atomic E-state index is -0.548. The van der Waals surface area contributed by atoms with E-state index in [-0.39, 0.29) is 78.8 Å². The Balaban J connectivity index is 1.13. The Kier molecular flexibility index (Phi) is 15.4. The normalized spacial score (nSPS) is 21.0. The van der Waals surface area contributed by atoms with Crippen molar-refractivity contribution in [3.63, 3.8) is 0 Å². The third-order valence-electron chi connectivity index (χ3n) is 13.3. The Morgan fingerprint density at radius 3 is 1.32 bits per heavy atom. The van der Waals surface area contributed by atoms with Gasteiger partial charge in [-0.3, -0.25) is 28.8 Å². The number of esters is 2. The molecule has 2 amide bonds. The number of anilines is 1. The van der Waals surface area contributed by atoms with Crippen LogP contribution in [0.3, 0.4) is 0 Å². The van der Waals surface area contributed by atoms with Crippen molar-refractivity contribution in [2.45, 2.75) is 116 Å². The van der Waals surface area contributed by atoms with Gasteiger partial charge >= 0.3 is 11.9 Å². The molecule has 3 aliphatic heterocycles. The summed E-state index contributed by atoms with van der Waals surface area (Å²) in [7, 11) is 2.62. The molecule has 3 heterocycles. The molecular formula is C50H62FN3O8. The lowest BCUT2D eigenvalue weighted by Gasteiger charge is -2.33. The summed E-state index contributed by atoms with van der Waals surface area (Å²) in [6.07, 6.45) is 4.66. The van der Waals surface area contributed by atoms with E-state index in [1.807, 2.05) is 52.0 Å². The van der Waals surface area contributed by atoms with Crippen LogP contribution in [0.2, 0.25) is 0 Å². The van der Waals surface area contributed by atoms with Crippen LogP contribution in [0, 0.1) is 29.5 Å². The number of amides is 2. The largest absolute Gasteiger partial charge is 0.469 e. The summed E-state index contributed by atoms with van der Waals surface area (Å²) in [5.74, 6) is -2.84. The summed E-state index contributed by atoms with van der Waals surface area (Å²) in [5.41, 5.74) is 4.72.